The summed E-state index contributed by atoms with van der Waals surface area (Å²) in [5.74, 6) is 0. The number of rotatable bonds is 4. The van der Waals surface area contributed by atoms with Gasteiger partial charge in [-0.25, -0.2) is 0 Å². The summed E-state index contributed by atoms with van der Waals surface area (Å²) in [6, 6.07) is 0. The number of nitrogens with zero attached hydrogens (tertiary/aromatic N) is 2. The number of aromatic nitrogens is 2. The van der Waals surface area contributed by atoms with Crippen LogP contribution in [0.3, 0.4) is 0 Å². The van der Waals surface area contributed by atoms with Gasteiger partial charge < -0.3 is 5.73 Å². The van der Waals surface area contributed by atoms with Crippen LogP contribution in [-0.4, -0.2) is 15.3 Å². The molecule has 2 N–H and O–H groups in total. The monoisotopic (exact) mass is 283 g/mol. The first kappa shape index (κ1) is 14.9. The van der Waals surface area contributed by atoms with Gasteiger partial charge in [0.05, 0.1) is 16.4 Å². The van der Waals surface area contributed by atoms with Gasteiger partial charge in [0, 0.05) is 18.5 Å². The molecule has 2 rings (SSSR count). The minimum atomic E-state index is -0.0852. The standard InChI is InChI=1S/C15H26ClN3/c1-3-12-14(16)13(19(4-2)18-12)11-15(17)9-7-5-6-8-10-15/h3-11,17H2,1-2H3. The molecule has 108 valence electrons. The number of hydrogen-bond acceptors (Lipinski definition) is 2. The second kappa shape index (κ2) is 6.27. The molecule has 3 nitrogen and oxygen atoms in total. The molecule has 1 fully saturated rings. The lowest BCUT2D eigenvalue weighted by Gasteiger charge is -2.28. The van der Waals surface area contributed by atoms with Gasteiger partial charge in [-0.1, -0.05) is 44.2 Å². The Labute approximate surface area is 121 Å². The van der Waals surface area contributed by atoms with Crippen LogP contribution in [0.1, 0.15) is 63.8 Å². The predicted molar refractivity (Wildman–Crippen MR) is 80.6 cm³/mol. The third-order valence-corrected chi connectivity index (χ3v) is 4.75. The van der Waals surface area contributed by atoms with E-state index >= 15 is 0 Å². The number of halogens is 1. The lowest BCUT2D eigenvalue weighted by molar-refractivity contribution is 0.358. The molecule has 0 bridgehead atoms. The molecule has 0 atom stereocenters. The van der Waals surface area contributed by atoms with Crippen molar-refractivity contribution in [2.75, 3.05) is 0 Å². The van der Waals surface area contributed by atoms with Crippen LogP contribution in [0.5, 0.6) is 0 Å². The Hall–Kier alpha value is -0.540. The average Bonchev–Trinajstić information content (AvgIpc) is 2.57. The number of hydrogen-bond donors (Lipinski definition) is 1. The molecule has 0 amide bonds. The van der Waals surface area contributed by atoms with Gasteiger partial charge in [0.2, 0.25) is 0 Å². The Kier molecular flexibility index (Phi) is 4.91. The SMILES string of the molecule is CCc1nn(CC)c(CC2(N)CCCCCC2)c1Cl. The van der Waals surface area contributed by atoms with E-state index in [0.717, 1.165) is 48.6 Å². The second-order valence-electron chi connectivity index (χ2n) is 5.83. The maximum Gasteiger partial charge on any atom is 0.0850 e. The topological polar surface area (TPSA) is 43.8 Å². The van der Waals surface area contributed by atoms with E-state index in [2.05, 4.69) is 18.9 Å². The van der Waals surface area contributed by atoms with E-state index in [1.165, 1.54) is 25.7 Å². The zero-order valence-corrected chi connectivity index (χ0v) is 13.0. The van der Waals surface area contributed by atoms with Crippen LogP contribution in [0.4, 0.5) is 0 Å². The predicted octanol–water partition coefficient (Wildman–Crippen LogP) is 3.71. The molecule has 0 spiro atoms. The number of nitrogens with two attached hydrogens (primary N) is 1. The number of aryl methyl sites for hydroxylation is 2. The van der Waals surface area contributed by atoms with E-state index in [1.807, 2.05) is 4.68 Å². The third kappa shape index (κ3) is 3.32. The Morgan fingerprint density at radius 1 is 1.21 bits per heavy atom. The molecule has 1 heterocycles. The fourth-order valence-corrected chi connectivity index (χ4v) is 3.46. The molecule has 1 aromatic heterocycles. The van der Waals surface area contributed by atoms with Crippen molar-refractivity contribution in [3.05, 3.63) is 16.4 Å². The van der Waals surface area contributed by atoms with Crippen LogP contribution in [0.25, 0.3) is 0 Å². The van der Waals surface area contributed by atoms with E-state index in [-0.39, 0.29) is 5.54 Å². The quantitative estimate of drug-likeness (QED) is 0.856. The fraction of sp³-hybridized carbons (Fsp3) is 0.800. The highest BCUT2D eigenvalue weighted by Crippen LogP contribution is 2.31. The van der Waals surface area contributed by atoms with Crippen molar-refractivity contribution >= 4 is 11.6 Å². The van der Waals surface area contributed by atoms with Crippen LogP contribution in [0, 0.1) is 0 Å². The van der Waals surface area contributed by atoms with Crippen LogP contribution < -0.4 is 5.73 Å². The molecular weight excluding hydrogens is 258 g/mol. The average molecular weight is 284 g/mol. The van der Waals surface area contributed by atoms with Crippen molar-refractivity contribution in [1.29, 1.82) is 0 Å². The summed E-state index contributed by atoms with van der Waals surface area (Å²) in [5.41, 5.74) is 8.70. The van der Waals surface area contributed by atoms with Gasteiger partial charge in [-0.3, -0.25) is 4.68 Å². The van der Waals surface area contributed by atoms with Crippen molar-refractivity contribution in [3.8, 4) is 0 Å². The molecule has 1 aromatic rings. The Bertz CT molecular complexity index is 417. The Morgan fingerprint density at radius 2 is 1.84 bits per heavy atom. The van der Waals surface area contributed by atoms with Crippen LogP contribution >= 0.6 is 11.6 Å². The van der Waals surface area contributed by atoms with Crippen LogP contribution in [-0.2, 0) is 19.4 Å². The van der Waals surface area contributed by atoms with Crippen molar-refractivity contribution in [1.82, 2.24) is 9.78 Å². The van der Waals surface area contributed by atoms with Crippen molar-refractivity contribution in [2.24, 2.45) is 5.73 Å². The molecular formula is C15H26ClN3. The van der Waals surface area contributed by atoms with Gasteiger partial charge in [0.25, 0.3) is 0 Å². The molecule has 0 aliphatic heterocycles. The second-order valence-corrected chi connectivity index (χ2v) is 6.21. The van der Waals surface area contributed by atoms with Gasteiger partial charge in [0.1, 0.15) is 0 Å². The van der Waals surface area contributed by atoms with Crippen molar-refractivity contribution in [2.45, 2.75) is 77.3 Å². The molecule has 1 saturated carbocycles. The minimum absolute atomic E-state index is 0.0852. The summed E-state index contributed by atoms with van der Waals surface area (Å²) in [6.45, 7) is 5.08. The summed E-state index contributed by atoms with van der Waals surface area (Å²) >= 11 is 6.49. The molecule has 4 heteroatoms. The molecule has 1 aliphatic rings. The van der Waals surface area contributed by atoms with Gasteiger partial charge in [-0.2, -0.15) is 5.10 Å². The molecule has 19 heavy (non-hydrogen) atoms. The molecule has 0 unspecified atom stereocenters. The summed E-state index contributed by atoms with van der Waals surface area (Å²) in [6.07, 6.45) is 9.10. The maximum atomic E-state index is 6.63. The Balaban J connectivity index is 2.23. The van der Waals surface area contributed by atoms with E-state index in [4.69, 9.17) is 17.3 Å². The van der Waals surface area contributed by atoms with Gasteiger partial charge >= 0.3 is 0 Å². The van der Waals surface area contributed by atoms with Gasteiger partial charge in [-0.05, 0) is 26.2 Å². The summed E-state index contributed by atoms with van der Waals surface area (Å²) in [7, 11) is 0. The summed E-state index contributed by atoms with van der Waals surface area (Å²) in [5, 5.41) is 5.44. The lowest BCUT2D eigenvalue weighted by Crippen LogP contribution is -2.42. The largest absolute Gasteiger partial charge is 0.325 e. The highest BCUT2D eigenvalue weighted by molar-refractivity contribution is 6.31. The van der Waals surface area contributed by atoms with Gasteiger partial charge in [-0.15, -0.1) is 0 Å². The van der Waals surface area contributed by atoms with E-state index in [1.54, 1.807) is 0 Å². The van der Waals surface area contributed by atoms with Crippen molar-refractivity contribution in [3.63, 3.8) is 0 Å². The Morgan fingerprint density at radius 3 is 2.37 bits per heavy atom. The smallest absolute Gasteiger partial charge is 0.0850 e. The van der Waals surface area contributed by atoms with Gasteiger partial charge in [0.15, 0.2) is 0 Å². The summed E-state index contributed by atoms with van der Waals surface area (Å²) < 4.78 is 2.04. The molecule has 0 aromatic carbocycles. The van der Waals surface area contributed by atoms with Crippen molar-refractivity contribution < 1.29 is 0 Å². The van der Waals surface area contributed by atoms with Crippen LogP contribution in [0.2, 0.25) is 5.02 Å². The summed E-state index contributed by atoms with van der Waals surface area (Å²) in [4.78, 5) is 0. The zero-order chi connectivity index (χ0) is 13.9. The van der Waals surface area contributed by atoms with E-state index < -0.39 is 0 Å². The highest BCUT2D eigenvalue weighted by Gasteiger charge is 2.29. The van der Waals surface area contributed by atoms with Crippen LogP contribution in [0.15, 0.2) is 0 Å². The third-order valence-electron chi connectivity index (χ3n) is 4.31. The molecule has 0 saturated heterocycles. The first-order chi connectivity index (χ1) is 9.09. The first-order valence-electron chi connectivity index (χ1n) is 7.62. The van der Waals surface area contributed by atoms with E-state index in [9.17, 15) is 0 Å². The van der Waals surface area contributed by atoms with E-state index in [0.29, 0.717) is 0 Å². The lowest BCUT2D eigenvalue weighted by atomic mass is 9.86. The molecule has 1 aliphatic carbocycles. The fourth-order valence-electron chi connectivity index (χ4n) is 3.13. The maximum absolute atomic E-state index is 6.63. The minimum Gasteiger partial charge on any atom is -0.325 e. The highest BCUT2D eigenvalue weighted by atomic mass is 35.5. The normalized spacial score (nSPS) is 19.4. The zero-order valence-electron chi connectivity index (χ0n) is 12.2. The first-order valence-corrected chi connectivity index (χ1v) is 8.00. The molecule has 0 radical (unpaired) electrons.